The Morgan fingerprint density at radius 1 is 1.09 bits per heavy atom. The highest BCUT2D eigenvalue weighted by molar-refractivity contribution is 5.68. The van der Waals surface area contributed by atoms with Gasteiger partial charge in [0.05, 0.1) is 17.5 Å². The molecule has 2 saturated carbocycles. The van der Waals surface area contributed by atoms with E-state index in [0.717, 1.165) is 55.4 Å². The molecule has 3 aliphatic rings. The summed E-state index contributed by atoms with van der Waals surface area (Å²) in [4.78, 5) is 19.2. The average molecular weight is 454 g/mol. The maximum absolute atomic E-state index is 12.7. The van der Waals surface area contributed by atoms with Crippen LogP contribution in [0, 0.1) is 18.8 Å². The van der Waals surface area contributed by atoms with Gasteiger partial charge < -0.3 is 14.4 Å². The number of aromatic nitrogens is 4. The molecule has 3 heterocycles. The number of aryl methyl sites for hydroxylation is 2. The molecule has 0 radical (unpaired) electrons. The average Bonchev–Trinajstić information content (AvgIpc) is 3.37. The second kappa shape index (κ2) is 9.69. The van der Waals surface area contributed by atoms with E-state index in [1.165, 1.54) is 38.5 Å². The fourth-order valence-corrected chi connectivity index (χ4v) is 5.14. The summed E-state index contributed by atoms with van der Waals surface area (Å²) in [6.07, 6.45) is 11.1. The van der Waals surface area contributed by atoms with Crippen molar-refractivity contribution in [3.8, 4) is 17.1 Å². The number of hydrogen-bond donors (Lipinski definition) is 0. The number of likely N-dealkylation sites (tertiary alicyclic amines) is 1. The zero-order valence-corrected chi connectivity index (χ0v) is 19.8. The molecule has 33 heavy (non-hydrogen) atoms. The van der Waals surface area contributed by atoms with Gasteiger partial charge in [-0.05, 0) is 69.4 Å². The molecule has 0 spiro atoms. The lowest BCUT2D eigenvalue weighted by atomic mass is 9.98. The predicted molar refractivity (Wildman–Crippen MR) is 124 cm³/mol. The highest BCUT2D eigenvalue weighted by Crippen LogP contribution is 2.38. The fraction of sp³-hybridized carbons (Fsp3) is 0.680. The van der Waals surface area contributed by atoms with Gasteiger partial charge in [-0.25, -0.2) is 14.5 Å². The summed E-state index contributed by atoms with van der Waals surface area (Å²) < 4.78 is 13.5. The summed E-state index contributed by atoms with van der Waals surface area (Å²) >= 11 is 0. The van der Waals surface area contributed by atoms with Crippen molar-refractivity contribution in [2.45, 2.75) is 77.4 Å². The number of carbonyl (C=O) groups excluding carboxylic acids is 1. The number of nitrogens with zero attached hydrogens (tertiary/aromatic N) is 5. The van der Waals surface area contributed by atoms with E-state index in [2.05, 4.69) is 10.3 Å². The van der Waals surface area contributed by atoms with Crippen molar-refractivity contribution in [1.29, 1.82) is 0 Å². The van der Waals surface area contributed by atoms with E-state index >= 15 is 0 Å². The van der Waals surface area contributed by atoms with E-state index in [0.29, 0.717) is 17.3 Å². The summed E-state index contributed by atoms with van der Waals surface area (Å²) in [6, 6.07) is 3.89. The van der Waals surface area contributed by atoms with Crippen LogP contribution in [-0.4, -0.2) is 50.2 Å². The minimum atomic E-state index is -0.249. The van der Waals surface area contributed by atoms with Crippen molar-refractivity contribution < 1.29 is 14.3 Å². The molecule has 5 rings (SSSR count). The Balaban J connectivity index is 1.21. The topological polar surface area (TPSA) is 82.4 Å². The Labute approximate surface area is 195 Å². The molecule has 2 aliphatic carbocycles. The molecule has 1 atom stereocenters. The molecule has 8 nitrogen and oxygen atoms in total. The van der Waals surface area contributed by atoms with E-state index in [-0.39, 0.29) is 18.8 Å². The van der Waals surface area contributed by atoms with Crippen LogP contribution in [0.5, 0.6) is 5.75 Å². The molecule has 0 aromatic carbocycles. The van der Waals surface area contributed by atoms with Crippen molar-refractivity contribution in [1.82, 2.24) is 24.9 Å². The first-order valence-corrected chi connectivity index (χ1v) is 12.5. The van der Waals surface area contributed by atoms with Crippen LogP contribution >= 0.6 is 0 Å². The zero-order valence-electron chi connectivity index (χ0n) is 19.8. The van der Waals surface area contributed by atoms with E-state index in [9.17, 15) is 4.79 Å². The number of carbonyl (C=O) groups is 1. The number of rotatable bonds is 7. The van der Waals surface area contributed by atoms with Crippen LogP contribution in [0.25, 0.3) is 11.4 Å². The van der Waals surface area contributed by atoms with Crippen LogP contribution in [0.2, 0.25) is 0 Å². The fourth-order valence-electron chi connectivity index (χ4n) is 5.14. The summed E-state index contributed by atoms with van der Waals surface area (Å²) in [7, 11) is 1.81. The summed E-state index contributed by atoms with van der Waals surface area (Å²) in [5.74, 6) is 2.35. The molecule has 1 unspecified atom stereocenters. The van der Waals surface area contributed by atoms with E-state index in [1.54, 1.807) is 4.68 Å². The highest BCUT2D eigenvalue weighted by atomic mass is 16.6. The van der Waals surface area contributed by atoms with Gasteiger partial charge in [0.1, 0.15) is 23.7 Å². The van der Waals surface area contributed by atoms with Crippen molar-refractivity contribution in [2.24, 2.45) is 18.9 Å². The summed E-state index contributed by atoms with van der Waals surface area (Å²) in [5, 5.41) is 8.46. The normalized spacial score (nSPS) is 21.4. The maximum atomic E-state index is 12.7. The Morgan fingerprint density at radius 3 is 2.67 bits per heavy atom. The van der Waals surface area contributed by atoms with Crippen molar-refractivity contribution >= 4 is 6.09 Å². The second-order valence-corrected chi connectivity index (χ2v) is 10.0. The van der Waals surface area contributed by atoms with Crippen LogP contribution in [0.3, 0.4) is 0 Å². The molecule has 178 valence electrons. The Kier molecular flexibility index (Phi) is 6.51. The maximum Gasteiger partial charge on any atom is 0.410 e. The third-order valence-electron chi connectivity index (χ3n) is 7.31. The number of amides is 1. The van der Waals surface area contributed by atoms with Crippen LogP contribution < -0.4 is 4.74 Å². The summed E-state index contributed by atoms with van der Waals surface area (Å²) in [5.41, 5.74) is 2.94. The highest BCUT2D eigenvalue weighted by Gasteiger charge is 2.32. The Morgan fingerprint density at radius 2 is 1.91 bits per heavy atom. The van der Waals surface area contributed by atoms with Crippen molar-refractivity contribution in [3.63, 3.8) is 0 Å². The van der Waals surface area contributed by atoms with Crippen LogP contribution in [-0.2, 0) is 18.4 Å². The Hall–Kier alpha value is -2.64. The number of hydrogen-bond acceptors (Lipinski definition) is 6. The van der Waals surface area contributed by atoms with E-state index < -0.39 is 0 Å². The van der Waals surface area contributed by atoms with Gasteiger partial charge in [0.2, 0.25) is 0 Å². The minimum absolute atomic E-state index is 0.127. The first kappa shape index (κ1) is 22.2. The van der Waals surface area contributed by atoms with E-state index in [4.69, 9.17) is 14.5 Å². The monoisotopic (exact) mass is 453 g/mol. The molecule has 1 amide bonds. The van der Waals surface area contributed by atoms with E-state index in [1.807, 2.05) is 31.0 Å². The second-order valence-electron chi connectivity index (χ2n) is 10.0. The molecular formula is C25H35N5O3. The molecule has 8 heteroatoms. The zero-order chi connectivity index (χ0) is 22.8. The van der Waals surface area contributed by atoms with Gasteiger partial charge in [-0.15, -0.1) is 5.10 Å². The first-order valence-electron chi connectivity index (χ1n) is 12.5. The summed E-state index contributed by atoms with van der Waals surface area (Å²) in [6.45, 7) is 3.69. The molecule has 1 saturated heterocycles. The quantitative estimate of drug-likeness (QED) is 0.607. The molecule has 2 aromatic rings. The van der Waals surface area contributed by atoms with Gasteiger partial charge in [-0.2, -0.15) is 0 Å². The molecule has 2 aromatic heterocycles. The van der Waals surface area contributed by atoms with Gasteiger partial charge in [0.15, 0.2) is 0 Å². The SMILES string of the molecule is Cc1nc(-c2nnn(C)c2COC(=O)N2CCC(CC3CC3)C2)ccc1OC1CCCCC1. The lowest BCUT2D eigenvalue weighted by molar-refractivity contribution is 0.101. The third kappa shape index (κ3) is 5.31. The van der Waals surface area contributed by atoms with Gasteiger partial charge in [-0.1, -0.05) is 24.5 Å². The van der Waals surface area contributed by atoms with Gasteiger partial charge in [0.25, 0.3) is 0 Å². The largest absolute Gasteiger partial charge is 0.489 e. The molecule has 1 aliphatic heterocycles. The smallest absolute Gasteiger partial charge is 0.410 e. The lowest BCUT2D eigenvalue weighted by Gasteiger charge is -2.23. The standard InChI is InChI=1S/C25H35N5O3/c1-17-23(33-20-6-4-3-5-7-20)11-10-21(26-17)24-22(29(2)28-27-24)16-32-25(31)30-13-12-19(15-30)14-18-8-9-18/h10-11,18-20H,3-9,12-16H2,1-2H3. The predicted octanol–water partition coefficient (Wildman–Crippen LogP) is 4.66. The van der Waals surface area contributed by atoms with Gasteiger partial charge in [-0.3, -0.25) is 0 Å². The number of ether oxygens (including phenoxy) is 2. The first-order chi connectivity index (χ1) is 16.1. The number of pyridine rings is 1. The van der Waals surface area contributed by atoms with Crippen molar-refractivity contribution in [2.75, 3.05) is 13.1 Å². The third-order valence-corrected chi connectivity index (χ3v) is 7.31. The lowest BCUT2D eigenvalue weighted by Crippen LogP contribution is -2.29. The van der Waals surface area contributed by atoms with Crippen LogP contribution in [0.15, 0.2) is 12.1 Å². The van der Waals surface area contributed by atoms with Crippen molar-refractivity contribution in [3.05, 3.63) is 23.5 Å². The van der Waals surface area contributed by atoms with Gasteiger partial charge >= 0.3 is 6.09 Å². The Bertz CT molecular complexity index is 980. The van der Waals surface area contributed by atoms with Crippen LogP contribution in [0.1, 0.15) is 69.2 Å². The van der Waals surface area contributed by atoms with Crippen LogP contribution in [0.4, 0.5) is 4.79 Å². The minimum Gasteiger partial charge on any atom is -0.489 e. The van der Waals surface area contributed by atoms with Gasteiger partial charge in [0, 0.05) is 20.1 Å². The molecular weight excluding hydrogens is 418 g/mol. The molecule has 0 N–H and O–H groups in total. The molecule has 0 bridgehead atoms. The molecule has 3 fully saturated rings.